The van der Waals surface area contributed by atoms with Gasteiger partial charge in [-0.05, 0) is 49.8 Å². The number of fused-ring (bicyclic) bond motifs is 2. The van der Waals surface area contributed by atoms with Crippen molar-refractivity contribution >= 4 is 6.03 Å². The number of carbonyl (C=O) groups excluding carboxylic acids is 1. The van der Waals surface area contributed by atoms with Crippen molar-refractivity contribution in [2.24, 2.45) is 5.92 Å². The van der Waals surface area contributed by atoms with E-state index in [2.05, 4.69) is 5.32 Å². The molecule has 23 heavy (non-hydrogen) atoms. The number of hydrogen-bond acceptors (Lipinski definition) is 3. The number of benzene rings is 1. The molecular formula is C18H26N2O3. The fraction of sp³-hybridized carbons (Fsp3) is 0.611. The van der Waals surface area contributed by atoms with Crippen LogP contribution in [0.2, 0.25) is 0 Å². The predicted octanol–water partition coefficient (Wildman–Crippen LogP) is 2.97. The Bertz CT molecular complexity index is 532. The summed E-state index contributed by atoms with van der Waals surface area (Å²) < 4.78 is 10.8. The third-order valence-corrected chi connectivity index (χ3v) is 4.89. The lowest BCUT2D eigenvalue weighted by molar-refractivity contribution is 0.148. The molecule has 126 valence electrons. The zero-order valence-electron chi connectivity index (χ0n) is 14.0. The van der Waals surface area contributed by atoms with Gasteiger partial charge in [0.2, 0.25) is 0 Å². The molecular weight excluding hydrogens is 292 g/mol. The van der Waals surface area contributed by atoms with E-state index in [1.54, 1.807) is 7.11 Å². The fourth-order valence-electron chi connectivity index (χ4n) is 3.76. The van der Waals surface area contributed by atoms with Crippen LogP contribution in [0.1, 0.15) is 37.8 Å². The van der Waals surface area contributed by atoms with Gasteiger partial charge in [0, 0.05) is 19.7 Å². The lowest BCUT2D eigenvalue weighted by Gasteiger charge is -2.29. The quantitative estimate of drug-likeness (QED) is 0.877. The molecule has 1 saturated heterocycles. The summed E-state index contributed by atoms with van der Waals surface area (Å²) in [5.74, 6) is 1.55. The maximum atomic E-state index is 12.6. The Balaban J connectivity index is 1.65. The summed E-state index contributed by atoms with van der Waals surface area (Å²) in [5.41, 5.74) is 1.04. The highest BCUT2D eigenvalue weighted by atomic mass is 16.5. The summed E-state index contributed by atoms with van der Waals surface area (Å²) in [5, 5.41) is 3.13. The molecule has 0 spiro atoms. The number of amides is 2. The van der Waals surface area contributed by atoms with E-state index in [-0.39, 0.29) is 12.1 Å². The van der Waals surface area contributed by atoms with Gasteiger partial charge < -0.3 is 19.7 Å². The lowest BCUT2D eigenvalue weighted by Crippen LogP contribution is -2.46. The van der Waals surface area contributed by atoms with Crippen LogP contribution in [-0.2, 0) is 4.74 Å². The van der Waals surface area contributed by atoms with Crippen LogP contribution in [0.25, 0.3) is 0 Å². The van der Waals surface area contributed by atoms with E-state index in [1.165, 1.54) is 12.8 Å². The van der Waals surface area contributed by atoms with Gasteiger partial charge in [-0.3, -0.25) is 0 Å². The van der Waals surface area contributed by atoms with Gasteiger partial charge >= 0.3 is 6.03 Å². The second-order valence-electron chi connectivity index (χ2n) is 6.44. The number of ether oxygens (including phenoxy) is 2. The van der Waals surface area contributed by atoms with Crippen molar-refractivity contribution in [3.05, 3.63) is 29.8 Å². The minimum absolute atomic E-state index is 0.0353. The van der Waals surface area contributed by atoms with E-state index < -0.39 is 0 Å². The second kappa shape index (κ2) is 7.21. The second-order valence-corrected chi connectivity index (χ2v) is 6.44. The molecule has 1 heterocycles. The topological polar surface area (TPSA) is 50.8 Å². The third kappa shape index (κ3) is 3.61. The molecule has 5 heteroatoms. The Hall–Kier alpha value is -1.75. The van der Waals surface area contributed by atoms with Gasteiger partial charge in [0.15, 0.2) is 0 Å². The summed E-state index contributed by atoms with van der Waals surface area (Å²) in [7, 11) is 1.66. The molecule has 2 amide bonds. The Morgan fingerprint density at radius 1 is 1.35 bits per heavy atom. The van der Waals surface area contributed by atoms with Crippen LogP contribution >= 0.6 is 0 Å². The van der Waals surface area contributed by atoms with Crippen molar-refractivity contribution in [3.63, 3.8) is 0 Å². The monoisotopic (exact) mass is 318 g/mol. The van der Waals surface area contributed by atoms with Crippen LogP contribution in [0.15, 0.2) is 24.3 Å². The molecule has 1 aliphatic heterocycles. The number of methoxy groups -OCH3 is 1. The Morgan fingerprint density at radius 3 is 2.70 bits per heavy atom. The fourth-order valence-corrected chi connectivity index (χ4v) is 3.76. The standard InChI is InChI=1S/C18H26N2O3/c1-3-23-16-8-5-14(6-9-16)17(12-22-2)19-18(21)20-11-13-4-7-15(20)10-13/h5-6,8-9,13,15,17H,3-4,7,10-12H2,1-2H3,(H,19,21)/t13-,15-,17+/m0/s1. The first kappa shape index (κ1) is 16.1. The molecule has 2 aliphatic rings. The summed E-state index contributed by atoms with van der Waals surface area (Å²) in [6, 6.07) is 8.19. The third-order valence-electron chi connectivity index (χ3n) is 4.89. The molecule has 0 unspecified atom stereocenters. The van der Waals surface area contributed by atoms with Gasteiger partial charge in [-0.2, -0.15) is 0 Å². The van der Waals surface area contributed by atoms with Gasteiger partial charge in [0.1, 0.15) is 5.75 Å². The molecule has 0 radical (unpaired) electrons. The maximum absolute atomic E-state index is 12.6. The average Bonchev–Trinajstić information content (AvgIpc) is 3.18. The first-order chi connectivity index (χ1) is 11.2. The van der Waals surface area contributed by atoms with Crippen molar-refractivity contribution in [2.75, 3.05) is 26.9 Å². The highest BCUT2D eigenvalue weighted by molar-refractivity contribution is 5.75. The number of nitrogens with one attached hydrogen (secondary N) is 1. The number of piperidine rings is 1. The number of rotatable bonds is 6. The summed E-state index contributed by atoms with van der Waals surface area (Å²) in [6.45, 7) is 3.97. The van der Waals surface area contributed by atoms with Gasteiger partial charge in [0.25, 0.3) is 0 Å². The predicted molar refractivity (Wildman–Crippen MR) is 88.6 cm³/mol. The Labute approximate surface area is 137 Å². The SMILES string of the molecule is CCOc1ccc([C@@H](COC)NC(=O)N2C[C@H]3CC[C@H]2C3)cc1. The molecule has 0 aromatic heterocycles. The number of nitrogens with zero attached hydrogens (tertiary/aromatic N) is 1. The molecule has 5 nitrogen and oxygen atoms in total. The van der Waals surface area contributed by atoms with E-state index in [0.29, 0.717) is 25.2 Å². The highest BCUT2D eigenvalue weighted by Crippen LogP contribution is 2.37. The zero-order valence-corrected chi connectivity index (χ0v) is 14.0. The zero-order chi connectivity index (χ0) is 16.2. The first-order valence-corrected chi connectivity index (χ1v) is 8.50. The molecule has 1 N–H and O–H groups in total. The Kier molecular flexibility index (Phi) is 5.06. The van der Waals surface area contributed by atoms with Gasteiger partial charge in [-0.15, -0.1) is 0 Å². The van der Waals surface area contributed by atoms with Crippen LogP contribution < -0.4 is 10.1 Å². The summed E-state index contributed by atoms with van der Waals surface area (Å²) in [6.07, 6.45) is 3.59. The van der Waals surface area contributed by atoms with Crippen molar-refractivity contribution < 1.29 is 14.3 Å². The van der Waals surface area contributed by atoms with Gasteiger partial charge in [-0.25, -0.2) is 4.79 Å². The molecule has 1 aliphatic carbocycles. The lowest BCUT2D eigenvalue weighted by atomic mass is 10.1. The number of likely N-dealkylation sites (tertiary alicyclic amines) is 1. The summed E-state index contributed by atoms with van der Waals surface area (Å²) >= 11 is 0. The molecule has 2 bridgehead atoms. The summed E-state index contributed by atoms with van der Waals surface area (Å²) in [4.78, 5) is 14.6. The van der Waals surface area contributed by atoms with E-state index >= 15 is 0 Å². The normalized spacial score (nSPS) is 23.8. The van der Waals surface area contributed by atoms with Gasteiger partial charge in [0.05, 0.1) is 19.3 Å². The molecule has 1 saturated carbocycles. The van der Waals surface area contributed by atoms with E-state index in [0.717, 1.165) is 24.3 Å². The smallest absolute Gasteiger partial charge is 0.318 e. The first-order valence-electron chi connectivity index (χ1n) is 8.50. The van der Waals surface area contributed by atoms with Crippen LogP contribution in [0.5, 0.6) is 5.75 Å². The van der Waals surface area contributed by atoms with E-state index in [4.69, 9.17) is 9.47 Å². The minimum Gasteiger partial charge on any atom is -0.494 e. The van der Waals surface area contributed by atoms with E-state index in [1.807, 2.05) is 36.1 Å². The molecule has 1 aromatic rings. The van der Waals surface area contributed by atoms with Crippen LogP contribution in [0, 0.1) is 5.92 Å². The highest BCUT2D eigenvalue weighted by Gasteiger charge is 2.40. The van der Waals surface area contributed by atoms with Crippen LogP contribution in [0.3, 0.4) is 0 Å². The Morgan fingerprint density at radius 2 is 2.13 bits per heavy atom. The number of carbonyl (C=O) groups is 1. The minimum atomic E-state index is -0.137. The van der Waals surface area contributed by atoms with Crippen molar-refractivity contribution in [1.29, 1.82) is 0 Å². The van der Waals surface area contributed by atoms with Crippen molar-refractivity contribution in [2.45, 2.75) is 38.3 Å². The number of hydrogen-bond donors (Lipinski definition) is 1. The number of urea groups is 1. The molecule has 3 rings (SSSR count). The maximum Gasteiger partial charge on any atom is 0.318 e. The van der Waals surface area contributed by atoms with Gasteiger partial charge in [-0.1, -0.05) is 12.1 Å². The van der Waals surface area contributed by atoms with E-state index in [9.17, 15) is 4.79 Å². The average molecular weight is 318 g/mol. The molecule has 1 aromatic carbocycles. The molecule has 3 atom stereocenters. The largest absolute Gasteiger partial charge is 0.494 e. The molecule has 2 fully saturated rings. The van der Waals surface area contributed by atoms with Crippen LogP contribution in [0.4, 0.5) is 4.79 Å². The van der Waals surface area contributed by atoms with Crippen molar-refractivity contribution in [3.8, 4) is 5.75 Å². The van der Waals surface area contributed by atoms with Crippen LogP contribution in [-0.4, -0.2) is 43.8 Å². The van der Waals surface area contributed by atoms with Crippen molar-refractivity contribution in [1.82, 2.24) is 10.2 Å².